The normalized spacial score (nSPS) is 18.6. The van der Waals surface area contributed by atoms with Crippen LogP contribution < -0.4 is 14.8 Å². The van der Waals surface area contributed by atoms with Crippen LogP contribution >= 0.6 is 0 Å². The Balaban J connectivity index is 1.80. The molecule has 0 fully saturated rings. The third-order valence-corrected chi connectivity index (χ3v) is 3.69. The number of fused-ring (bicyclic) bond motifs is 1. The van der Waals surface area contributed by atoms with Crippen molar-refractivity contribution in [3.05, 3.63) is 54.1 Å². The Morgan fingerprint density at radius 1 is 1.00 bits per heavy atom. The van der Waals surface area contributed by atoms with Crippen molar-refractivity contribution in [2.24, 2.45) is 0 Å². The predicted octanol–water partition coefficient (Wildman–Crippen LogP) is 2.64. The van der Waals surface area contributed by atoms with E-state index in [0.717, 1.165) is 0 Å². The van der Waals surface area contributed by atoms with Crippen LogP contribution in [0.4, 0.5) is 5.69 Å². The molecule has 2 aromatic rings. The second kappa shape index (κ2) is 6.62. The highest BCUT2D eigenvalue weighted by Crippen LogP contribution is 2.33. The largest absolute Gasteiger partial charge is 0.482 e. The molecule has 0 aromatic heterocycles. The topological polar surface area (TPSA) is 73.9 Å². The number of methoxy groups -OCH3 is 1. The fraction of sp³-hybridized carbons (Fsp3) is 0.222. The number of nitrogens with one attached hydrogen (secondary N) is 1. The first kappa shape index (κ1) is 15.9. The molecule has 1 aliphatic rings. The molecular formula is C18H17NO5. The van der Waals surface area contributed by atoms with Gasteiger partial charge in [0.15, 0.2) is 11.5 Å². The number of para-hydroxylation sites is 3. The van der Waals surface area contributed by atoms with E-state index in [9.17, 15) is 9.59 Å². The quantitative estimate of drug-likeness (QED) is 0.877. The van der Waals surface area contributed by atoms with E-state index < -0.39 is 24.1 Å². The molecule has 0 unspecified atom stereocenters. The molecule has 1 amide bonds. The molecule has 0 bridgehead atoms. The minimum atomic E-state index is -0.828. The number of ether oxygens (including phenoxy) is 3. The van der Waals surface area contributed by atoms with Crippen LogP contribution in [0.15, 0.2) is 48.5 Å². The van der Waals surface area contributed by atoms with E-state index in [4.69, 9.17) is 14.2 Å². The Kier molecular flexibility index (Phi) is 4.37. The first-order chi connectivity index (χ1) is 11.6. The van der Waals surface area contributed by atoms with Crippen LogP contribution in [0.5, 0.6) is 11.5 Å². The molecule has 1 heterocycles. The van der Waals surface area contributed by atoms with Gasteiger partial charge in [-0.05, 0) is 31.2 Å². The predicted molar refractivity (Wildman–Crippen MR) is 87.4 cm³/mol. The van der Waals surface area contributed by atoms with E-state index in [0.29, 0.717) is 17.2 Å². The summed E-state index contributed by atoms with van der Waals surface area (Å²) < 4.78 is 16.2. The van der Waals surface area contributed by atoms with Gasteiger partial charge in [-0.2, -0.15) is 0 Å². The molecule has 0 saturated carbocycles. The molecule has 6 heteroatoms. The summed E-state index contributed by atoms with van der Waals surface area (Å²) in [5.41, 5.74) is 0.641. The zero-order chi connectivity index (χ0) is 17.1. The highest BCUT2D eigenvalue weighted by molar-refractivity contribution is 6.02. The summed E-state index contributed by atoms with van der Waals surface area (Å²) in [6.07, 6.45) is -1.30. The van der Waals surface area contributed by atoms with Crippen LogP contribution in [-0.4, -0.2) is 31.2 Å². The average molecular weight is 327 g/mol. The second-order valence-electron chi connectivity index (χ2n) is 5.33. The van der Waals surface area contributed by atoms with Gasteiger partial charge in [0.2, 0.25) is 6.10 Å². The minimum Gasteiger partial charge on any atom is -0.482 e. The van der Waals surface area contributed by atoms with E-state index >= 15 is 0 Å². The summed E-state index contributed by atoms with van der Waals surface area (Å²) in [7, 11) is 1.29. The molecule has 2 atom stereocenters. The molecular weight excluding hydrogens is 310 g/mol. The number of esters is 1. The van der Waals surface area contributed by atoms with Crippen molar-refractivity contribution in [3.8, 4) is 11.5 Å². The summed E-state index contributed by atoms with van der Waals surface area (Å²) in [4.78, 5) is 24.4. The van der Waals surface area contributed by atoms with Gasteiger partial charge >= 0.3 is 5.97 Å². The monoisotopic (exact) mass is 327 g/mol. The first-order valence-corrected chi connectivity index (χ1v) is 7.50. The van der Waals surface area contributed by atoms with Crippen LogP contribution in [0.25, 0.3) is 0 Å². The second-order valence-corrected chi connectivity index (χ2v) is 5.33. The maximum Gasteiger partial charge on any atom is 0.339 e. The van der Waals surface area contributed by atoms with Gasteiger partial charge in [0.25, 0.3) is 5.91 Å². The molecule has 6 nitrogen and oxygen atoms in total. The van der Waals surface area contributed by atoms with E-state index in [-0.39, 0.29) is 5.56 Å². The lowest BCUT2D eigenvalue weighted by Gasteiger charge is -2.31. The molecule has 2 aromatic carbocycles. The molecule has 1 N–H and O–H groups in total. The number of carbonyl (C=O) groups is 2. The van der Waals surface area contributed by atoms with Gasteiger partial charge in [-0.15, -0.1) is 0 Å². The van der Waals surface area contributed by atoms with Gasteiger partial charge in [-0.1, -0.05) is 24.3 Å². The smallest absolute Gasteiger partial charge is 0.339 e. The van der Waals surface area contributed by atoms with Crippen LogP contribution in [0.3, 0.4) is 0 Å². The van der Waals surface area contributed by atoms with E-state index in [1.807, 2.05) is 6.07 Å². The third-order valence-electron chi connectivity index (χ3n) is 3.69. The molecule has 0 radical (unpaired) electrons. The van der Waals surface area contributed by atoms with Crippen molar-refractivity contribution < 1.29 is 23.8 Å². The average Bonchev–Trinajstić information content (AvgIpc) is 2.60. The molecule has 124 valence electrons. The Bertz CT molecular complexity index is 774. The zero-order valence-corrected chi connectivity index (χ0v) is 13.3. The Labute approximate surface area is 139 Å². The molecule has 24 heavy (non-hydrogen) atoms. The number of anilines is 1. The first-order valence-electron chi connectivity index (χ1n) is 7.50. The van der Waals surface area contributed by atoms with Crippen molar-refractivity contribution in [2.45, 2.75) is 19.1 Å². The lowest BCUT2D eigenvalue weighted by Crippen LogP contribution is -2.46. The summed E-state index contributed by atoms with van der Waals surface area (Å²) in [6, 6.07) is 13.8. The van der Waals surface area contributed by atoms with Crippen molar-refractivity contribution in [1.82, 2.24) is 0 Å². The number of benzene rings is 2. The number of carbonyl (C=O) groups excluding carboxylic acids is 2. The van der Waals surface area contributed by atoms with Crippen LogP contribution in [0.1, 0.15) is 17.3 Å². The standard InChI is InChI=1S/C18H17NO5/c1-11-16(24-15-10-6-5-9-14(15)23-11)17(20)19-13-8-4-3-7-12(13)18(21)22-2/h3-11,16H,1-2H3,(H,19,20)/t11-,16+/m1/s1. The summed E-state index contributed by atoms with van der Waals surface area (Å²) in [5, 5.41) is 2.71. The Morgan fingerprint density at radius 2 is 1.62 bits per heavy atom. The van der Waals surface area contributed by atoms with Gasteiger partial charge in [-0.3, -0.25) is 4.79 Å². The maximum absolute atomic E-state index is 12.6. The number of rotatable bonds is 3. The molecule has 0 spiro atoms. The van der Waals surface area contributed by atoms with Crippen LogP contribution in [0, 0.1) is 0 Å². The SMILES string of the molecule is COC(=O)c1ccccc1NC(=O)[C@H]1Oc2ccccc2O[C@@H]1C. The summed E-state index contributed by atoms with van der Waals surface area (Å²) >= 11 is 0. The number of amides is 1. The molecule has 0 aliphatic carbocycles. The summed E-state index contributed by atoms with van der Waals surface area (Å²) in [5.74, 6) is 0.194. The van der Waals surface area contributed by atoms with Gasteiger partial charge in [-0.25, -0.2) is 4.79 Å². The highest BCUT2D eigenvalue weighted by atomic mass is 16.6. The number of hydrogen-bond acceptors (Lipinski definition) is 5. The van der Waals surface area contributed by atoms with Crippen molar-refractivity contribution in [1.29, 1.82) is 0 Å². The molecule has 1 aliphatic heterocycles. The van der Waals surface area contributed by atoms with E-state index in [2.05, 4.69) is 5.32 Å². The lowest BCUT2D eigenvalue weighted by molar-refractivity contribution is -0.128. The fourth-order valence-corrected chi connectivity index (χ4v) is 2.49. The van der Waals surface area contributed by atoms with Gasteiger partial charge in [0.1, 0.15) is 6.10 Å². The van der Waals surface area contributed by atoms with Crippen molar-refractivity contribution in [2.75, 3.05) is 12.4 Å². The van der Waals surface area contributed by atoms with Gasteiger partial charge in [0.05, 0.1) is 18.4 Å². The van der Waals surface area contributed by atoms with Crippen molar-refractivity contribution >= 4 is 17.6 Å². The Morgan fingerprint density at radius 3 is 2.33 bits per heavy atom. The van der Waals surface area contributed by atoms with Crippen LogP contribution in [0.2, 0.25) is 0 Å². The van der Waals surface area contributed by atoms with Gasteiger partial charge < -0.3 is 19.5 Å². The maximum atomic E-state index is 12.6. The van der Waals surface area contributed by atoms with Crippen molar-refractivity contribution in [3.63, 3.8) is 0 Å². The molecule has 3 rings (SSSR count). The summed E-state index contributed by atoms with van der Waals surface area (Å²) in [6.45, 7) is 1.76. The fourth-order valence-electron chi connectivity index (χ4n) is 2.49. The van der Waals surface area contributed by atoms with E-state index in [1.54, 1.807) is 49.4 Å². The lowest BCUT2D eigenvalue weighted by atomic mass is 10.1. The minimum absolute atomic E-state index is 0.276. The van der Waals surface area contributed by atoms with E-state index in [1.165, 1.54) is 7.11 Å². The highest BCUT2D eigenvalue weighted by Gasteiger charge is 2.34. The third kappa shape index (κ3) is 3.03. The number of hydrogen-bond donors (Lipinski definition) is 1. The van der Waals surface area contributed by atoms with Crippen LogP contribution in [-0.2, 0) is 9.53 Å². The Hall–Kier alpha value is -3.02. The molecule has 0 saturated heterocycles. The zero-order valence-electron chi connectivity index (χ0n) is 13.3. The van der Waals surface area contributed by atoms with Gasteiger partial charge in [0, 0.05) is 0 Å².